The number of terminal acetylenes is 1. The Morgan fingerprint density at radius 1 is 1.47 bits per heavy atom. The minimum Gasteiger partial charge on any atom is -0.468 e. The molecule has 1 aromatic rings. The van der Waals surface area contributed by atoms with Crippen LogP contribution >= 0.6 is 22.6 Å². The van der Waals surface area contributed by atoms with Crippen LogP contribution in [0.15, 0.2) is 24.3 Å². The molecule has 19 heavy (non-hydrogen) atoms. The van der Waals surface area contributed by atoms with Crippen molar-refractivity contribution in [3.63, 3.8) is 0 Å². The summed E-state index contributed by atoms with van der Waals surface area (Å²) in [6.45, 7) is 1.94. The van der Waals surface area contributed by atoms with Crippen LogP contribution in [0.25, 0.3) is 0 Å². The van der Waals surface area contributed by atoms with Crippen LogP contribution in [-0.4, -0.2) is 13.1 Å². The van der Waals surface area contributed by atoms with Crippen molar-refractivity contribution in [3.05, 3.63) is 33.4 Å². The van der Waals surface area contributed by atoms with Crippen molar-refractivity contribution in [2.24, 2.45) is 0 Å². The summed E-state index contributed by atoms with van der Waals surface area (Å²) in [6.07, 6.45) is 8.61. The zero-order valence-corrected chi connectivity index (χ0v) is 13.6. The van der Waals surface area contributed by atoms with Crippen molar-refractivity contribution in [1.29, 1.82) is 0 Å². The summed E-state index contributed by atoms with van der Waals surface area (Å²) in [6, 6.07) is 8.01. The molecule has 0 saturated carbocycles. The fraction of sp³-hybridized carbons (Fsp3) is 0.438. The van der Waals surface area contributed by atoms with E-state index in [9.17, 15) is 4.79 Å². The molecule has 0 heterocycles. The van der Waals surface area contributed by atoms with E-state index in [1.807, 2.05) is 31.2 Å². The van der Waals surface area contributed by atoms with E-state index < -0.39 is 5.41 Å². The molecule has 0 radical (unpaired) electrons. The second-order valence-electron chi connectivity index (χ2n) is 4.75. The molecular weight excluding hydrogens is 351 g/mol. The number of esters is 1. The van der Waals surface area contributed by atoms with Crippen molar-refractivity contribution < 1.29 is 9.53 Å². The number of carbonyl (C=O) groups excluding carboxylic acids is 1. The minimum absolute atomic E-state index is 0.185. The molecular formula is C16H19IO2. The lowest BCUT2D eigenvalue weighted by atomic mass is 9.78. The largest absolute Gasteiger partial charge is 0.468 e. The predicted octanol–water partition coefficient (Wildman–Crippen LogP) is 3.92. The molecule has 1 unspecified atom stereocenters. The Bertz CT molecular complexity index is 476. The molecule has 2 nitrogen and oxygen atoms in total. The van der Waals surface area contributed by atoms with Crippen molar-refractivity contribution in [3.8, 4) is 12.3 Å². The summed E-state index contributed by atoms with van der Waals surface area (Å²) in [5, 5.41) is 0. The van der Waals surface area contributed by atoms with Crippen molar-refractivity contribution in [2.75, 3.05) is 7.11 Å². The van der Waals surface area contributed by atoms with E-state index in [2.05, 4.69) is 28.5 Å². The number of benzene rings is 1. The van der Waals surface area contributed by atoms with Crippen molar-refractivity contribution in [1.82, 2.24) is 0 Å². The maximum absolute atomic E-state index is 12.1. The van der Waals surface area contributed by atoms with Crippen LogP contribution in [0.2, 0.25) is 0 Å². The fourth-order valence-electron chi connectivity index (χ4n) is 2.13. The normalized spacial score (nSPS) is 13.4. The second-order valence-corrected chi connectivity index (χ2v) is 5.99. The monoisotopic (exact) mass is 370 g/mol. The molecule has 0 amide bonds. The summed E-state index contributed by atoms with van der Waals surface area (Å²) < 4.78 is 6.10. The van der Waals surface area contributed by atoms with Gasteiger partial charge in [-0.2, -0.15) is 0 Å². The van der Waals surface area contributed by atoms with Gasteiger partial charge < -0.3 is 4.74 Å². The molecule has 0 bridgehead atoms. The van der Waals surface area contributed by atoms with Crippen LogP contribution in [0.1, 0.15) is 38.2 Å². The Morgan fingerprint density at radius 2 is 2.21 bits per heavy atom. The van der Waals surface area contributed by atoms with Crippen molar-refractivity contribution in [2.45, 2.75) is 38.0 Å². The first-order valence-electron chi connectivity index (χ1n) is 6.32. The Labute approximate surface area is 129 Å². The van der Waals surface area contributed by atoms with Crippen LogP contribution in [0.4, 0.5) is 0 Å². The van der Waals surface area contributed by atoms with E-state index in [1.165, 1.54) is 7.11 Å². The summed E-state index contributed by atoms with van der Waals surface area (Å²) in [5.41, 5.74) is 0.414. The topological polar surface area (TPSA) is 26.3 Å². The van der Waals surface area contributed by atoms with Crippen LogP contribution in [0.3, 0.4) is 0 Å². The van der Waals surface area contributed by atoms with Gasteiger partial charge in [0.05, 0.1) is 12.5 Å². The van der Waals surface area contributed by atoms with E-state index >= 15 is 0 Å². The van der Waals surface area contributed by atoms with Gasteiger partial charge in [0, 0.05) is 9.99 Å². The zero-order chi connectivity index (χ0) is 14.3. The van der Waals surface area contributed by atoms with Crippen LogP contribution < -0.4 is 0 Å². The molecule has 1 aromatic carbocycles. The molecule has 0 spiro atoms. The quantitative estimate of drug-likeness (QED) is 0.329. The van der Waals surface area contributed by atoms with Crippen LogP contribution in [-0.2, 0) is 14.9 Å². The van der Waals surface area contributed by atoms with Gasteiger partial charge in [0.15, 0.2) is 0 Å². The van der Waals surface area contributed by atoms with E-state index in [-0.39, 0.29) is 5.97 Å². The van der Waals surface area contributed by atoms with E-state index in [4.69, 9.17) is 11.2 Å². The first-order chi connectivity index (χ1) is 9.04. The number of methoxy groups -OCH3 is 1. The summed E-state index contributed by atoms with van der Waals surface area (Å²) >= 11 is 2.25. The maximum atomic E-state index is 12.1. The Hall–Kier alpha value is -1.02. The molecule has 3 heteroatoms. The van der Waals surface area contributed by atoms with E-state index in [1.54, 1.807) is 0 Å². The average molecular weight is 370 g/mol. The summed E-state index contributed by atoms with van der Waals surface area (Å²) in [4.78, 5) is 12.1. The number of hydrogen-bond donors (Lipinski definition) is 0. The number of halogens is 1. The maximum Gasteiger partial charge on any atom is 0.315 e. The number of hydrogen-bond acceptors (Lipinski definition) is 2. The summed E-state index contributed by atoms with van der Waals surface area (Å²) in [5.74, 6) is 2.44. The molecule has 102 valence electrons. The third kappa shape index (κ3) is 4.24. The van der Waals surface area contributed by atoms with Gasteiger partial charge in [-0.1, -0.05) is 18.6 Å². The van der Waals surface area contributed by atoms with Gasteiger partial charge in [-0.3, -0.25) is 4.79 Å². The third-order valence-corrected chi connectivity index (χ3v) is 4.02. The highest BCUT2D eigenvalue weighted by molar-refractivity contribution is 14.1. The van der Waals surface area contributed by atoms with Gasteiger partial charge >= 0.3 is 5.97 Å². The third-order valence-electron chi connectivity index (χ3n) is 3.35. The van der Waals surface area contributed by atoms with E-state index in [0.717, 1.165) is 34.8 Å². The first-order valence-corrected chi connectivity index (χ1v) is 7.40. The standard InChI is InChI=1S/C16H19IO2/c1-4-5-6-7-11-16(2,15(18)19-3)13-9-8-10-14(17)12-13/h1,8-10,12H,5-7,11H2,2-3H3. The SMILES string of the molecule is C#CCCCCC(C)(C(=O)OC)c1cccc(I)c1. The Balaban J connectivity index is 2.93. The molecule has 0 aliphatic heterocycles. The van der Waals surface area contributed by atoms with Gasteiger partial charge in [0.25, 0.3) is 0 Å². The van der Waals surface area contributed by atoms with Gasteiger partial charge in [0.1, 0.15) is 0 Å². The van der Waals surface area contributed by atoms with Crippen LogP contribution in [0.5, 0.6) is 0 Å². The molecule has 0 saturated heterocycles. The Kier molecular flexibility index (Phi) is 6.36. The first kappa shape index (κ1) is 16.0. The minimum atomic E-state index is -0.593. The smallest absolute Gasteiger partial charge is 0.315 e. The lowest BCUT2D eigenvalue weighted by Gasteiger charge is -2.27. The summed E-state index contributed by atoms with van der Waals surface area (Å²) in [7, 11) is 1.44. The Morgan fingerprint density at radius 3 is 2.79 bits per heavy atom. The second kappa shape index (κ2) is 7.54. The highest BCUT2D eigenvalue weighted by atomic mass is 127. The predicted molar refractivity (Wildman–Crippen MR) is 85.8 cm³/mol. The van der Waals surface area contributed by atoms with Gasteiger partial charge in [-0.15, -0.1) is 12.3 Å². The van der Waals surface area contributed by atoms with Crippen molar-refractivity contribution >= 4 is 28.6 Å². The molecule has 1 atom stereocenters. The highest BCUT2D eigenvalue weighted by Gasteiger charge is 2.35. The lowest BCUT2D eigenvalue weighted by molar-refractivity contribution is -0.147. The molecule has 1 rings (SSSR count). The molecule has 0 aliphatic rings. The molecule has 0 aliphatic carbocycles. The van der Waals surface area contributed by atoms with E-state index in [0.29, 0.717) is 0 Å². The van der Waals surface area contributed by atoms with Crippen LogP contribution in [0, 0.1) is 15.9 Å². The van der Waals surface area contributed by atoms with Gasteiger partial charge in [0.2, 0.25) is 0 Å². The zero-order valence-electron chi connectivity index (χ0n) is 11.4. The molecule has 0 fully saturated rings. The average Bonchev–Trinajstić information content (AvgIpc) is 2.42. The number of ether oxygens (including phenoxy) is 1. The number of rotatable bonds is 6. The van der Waals surface area contributed by atoms with Gasteiger partial charge in [-0.05, 0) is 60.1 Å². The van der Waals surface area contributed by atoms with Gasteiger partial charge in [-0.25, -0.2) is 0 Å². The molecule has 0 N–H and O–H groups in total. The number of carbonyl (C=O) groups is 1. The molecule has 0 aromatic heterocycles. The highest BCUT2D eigenvalue weighted by Crippen LogP contribution is 2.32. The lowest BCUT2D eigenvalue weighted by Crippen LogP contribution is -2.33. The number of unbranched alkanes of at least 4 members (excludes halogenated alkanes) is 2. The fourth-order valence-corrected chi connectivity index (χ4v) is 2.67.